The van der Waals surface area contributed by atoms with Crippen molar-refractivity contribution in [1.29, 1.82) is 0 Å². The average Bonchev–Trinajstić information content (AvgIpc) is 3.10. The highest BCUT2D eigenvalue weighted by molar-refractivity contribution is 8.01. The number of aromatic nitrogens is 2. The Balaban J connectivity index is 2.36. The summed E-state index contributed by atoms with van der Waals surface area (Å²) in [7, 11) is -2.42. The number of methoxy groups -OCH3 is 1. The highest BCUT2D eigenvalue weighted by Crippen LogP contribution is 2.35. The van der Waals surface area contributed by atoms with Gasteiger partial charge in [0.15, 0.2) is 4.34 Å². The molecule has 2 aromatic rings. The van der Waals surface area contributed by atoms with Crippen molar-refractivity contribution in [3.8, 4) is 5.75 Å². The van der Waals surface area contributed by atoms with E-state index in [0.717, 1.165) is 10.6 Å². The second-order valence-corrected chi connectivity index (χ2v) is 10.3. The molecule has 2 rings (SSSR count). The summed E-state index contributed by atoms with van der Waals surface area (Å²) >= 11 is 8.70. The number of carbonyl (C=O) groups excluding carboxylic acids is 1. The molecule has 12 heteroatoms. The summed E-state index contributed by atoms with van der Waals surface area (Å²) in [4.78, 5) is 12.9. The number of carbonyl (C=O) groups is 1. The summed E-state index contributed by atoms with van der Waals surface area (Å²) in [6.07, 6.45) is 2.98. The fourth-order valence-corrected chi connectivity index (χ4v) is 5.40. The fraction of sp³-hybridized carbons (Fsp3) is 0.353. The molecule has 0 saturated carbocycles. The second-order valence-electron chi connectivity index (χ2n) is 5.76. The van der Waals surface area contributed by atoms with E-state index in [-0.39, 0.29) is 23.0 Å². The number of hydrogen-bond acceptors (Lipinski definition) is 8. The van der Waals surface area contributed by atoms with Crippen molar-refractivity contribution in [2.45, 2.75) is 23.7 Å². The lowest BCUT2D eigenvalue weighted by molar-refractivity contribution is -0.117. The molecule has 0 fully saturated rings. The zero-order valence-electron chi connectivity index (χ0n) is 16.1. The Kier molecular flexibility index (Phi) is 8.32. The Morgan fingerprint density at radius 3 is 2.79 bits per heavy atom. The number of rotatable bonds is 10. The molecule has 1 atom stereocenters. The summed E-state index contributed by atoms with van der Waals surface area (Å²) in [6.45, 7) is 5.35. The molecule has 1 amide bonds. The van der Waals surface area contributed by atoms with Crippen molar-refractivity contribution in [2.24, 2.45) is 0 Å². The molecule has 1 aromatic heterocycles. The maximum atomic E-state index is 12.9. The molecule has 1 heterocycles. The molecule has 1 N–H and O–H groups in total. The summed E-state index contributed by atoms with van der Waals surface area (Å²) in [6, 6.07) is 3.54. The van der Waals surface area contributed by atoms with Crippen molar-refractivity contribution in [3.63, 3.8) is 0 Å². The van der Waals surface area contributed by atoms with Gasteiger partial charge in [0.25, 0.3) is 0 Å². The van der Waals surface area contributed by atoms with Crippen molar-refractivity contribution < 1.29 is 17.9 Å². The topological polar surface area (TPSA) is 101 Å². The summed E-state index contributed by atoms with van der Waals surface area (Å²) in [5.41, 5.74) is 0.184. The first-order chi connectivity index (χ1) is 13.7. The van der Waals surface area contributed by atoms with Crippen LogP contribution in [0.5, 0.6) is 5.75 Å². The van der Waals surface area contributed by atoms with Crippen LogP contribution in [0.2, 0.25) is 5.02 Å². The Morgan fingerprint density at radius 2 is 2.21 bits per heavy atom. The van der Waals surface area contributed by atoms with Crippen molar-refractivity contribution >= 4 is 61.4 Å². The zero-order valence-corrected chi connectivity index (χ0v) is 19.3. The van der Waals surface area contributed by atoms with Gasteiger partial charge < -0.3 is 4.74 Å². The van der Waals surface area contributed by atoms with Gasteiger partial charge in [0.05, 0.1) is 19.1 Å². The normalized spacial score (nSPS) is 12.3. The largest absolute Gasteiger partial charge is 0.495 e. The van der Waals surface area contributed by atoms with E-state index in [1.165, 1.54) is 36.3 Å². The first kappa shape index (κ1) is 23.5. The van der Waals surface area contributed by atoms with Crippen LogP contribution in [0.1, 0.15) is 13.3 Å². The number of hydrogen-bond donors (Lipinski definition) is 1. The van der Waals surface area contributed by atoms with E-state index < -0.39 is 22.0 Å². The molecule has 0 aliphatic heterocycles. The smallest absolute Gasteiger partial charge is 0.250 e. The van der Waals surface area contributed by atoms with Gasteiger partial charge in [-0.1, -0.05) is 47.7 Å². The van der Waals surface area contributed by atoms with Crippen LogP contribution in [-0.2, 0) is 14.8 Å². The van der Waals surface area contributed by atoms with E-state index in [4.69, 9.17) is 16.3 Å². The summed E-state index contributed by atoms with van der Waals surface area (Å²) in [5.74, 6) is 0.415. The Hall–Kier alpha value is -1.82. The maximum absolute atomic E-state index is 12.9. The molecule has 0 spiro atoms. The van der Waals surface area contributed by atoms with Gasteiger partial charge >= 0.3 is 0 Å². The van der Waals surface area contributed by atoms with Crippen molar-refractivity contribution in [3.05, 3.63) is 35.9 Å². The standard InChI is InChI=1S/C17H21ClN4O4S3/c1-5-9-27-17-21-20-16(28-17)19-15(23)12(6-2)22(29(4,24)25)13-10-11(18)7-8-14(13)26-3/h5,7-8,10,12H,1,6,9H2,2-4H3,(H,19,20,23)/t12-/m0/s1. The summed E-state index contributed by atoms with van der Waals surface area (Å²) < 4.78 is 32.2. The Labute approximate surface area is 183 Å². The SMILES string of the molecule is C=CCSc1nnc(NC(=O)[C@H](CC)N(c2cc(Cl)ccc2OC)S(C)(=O)=O)s1. The van der Waals surface area contributed by atoms with E-state index in [2.05, 4.69) is 22.1 Å². The van der Waals surface area contributed by atoms with Crippen LogP contribution >= 0.6 is 34.7 Å². The van der Waals surface area contributed by atoms with E-state index in [0.29, 0.717) is 15.1 Å². The monoisotopic (exact) mass is 476 g/mol. The molecule has 0 bridgehead atoms. The fourth-order valence-electron chi connectivity index (χ4n) is 2.51. The third-order valence-electron chi connectivity index (χ3n) is 3.67. The lowest BCUT2D eigenvalue weighted by Crippen LogP contribution is -2.47. The number of anilines is 2. The Morgan fingerprint density at radius 1 is 1.48 bits per heavy atom. The molecule has 0 radical (unpaired) electrons. The molecule has 0 aliphatic rings. The lowest BCUT2D eigenvalue weighted by atomic mass is 10.2. The van der Waals surface area contributed by atoms with Crippen LogP contribution in [0.15, 0.2) is 35.2 Å². The van der Waals surface area contributed by atoms with Gasteiger partial charge in [0.1, 0.15) is 11.8 Å². The lowest BCUT2D eigenvalue weighted by Gasteiger charge is -2.30. The number of nitrogens with zero attached hydrogens (tertiary/aromatic N) is 3. The number of benzene rings is 1. The third kappa shape index (κ3) is 6.08. The minimum absolute atomic E-state index is 0.184. The van der Waals surface area contributed by atoms with Gasteiger partial charge in [0, 0.05) is 10.8 Å². The van der Waals surface area contributed by atoms with Gasteiger partial charge in [-0.3, -0.25) is 14.4 Å². The van der Waals surface area contributed by atoms with Crippen LogP contribution < -0.4 is 14.4 Å². The molecule has 0 saturated heterocycles. The molecule has 29 heavy (non-hydrogen) atoms. The zero-order chi connectivity index (χ0) is 21.6. The van der Waals surface area contributed by atoms with E-state index in [1.807, 2.05) is 0 Å². The van der Waals surface area contributed by atoms with Crippen LogP contribution in [-0.4, -0.2) is 49.7 Å². The number of nitrogens with one attached hydrogen (secondary N) is 1. The molecule has 0 unspecified atom stereocenters. The Bertz CT molecular complexity index is 981. The first-order valence-corrected chi connectivity index (χ1v) is 12.4. The molecular formula is C17H21ClN4O4S3. The van der Waals surface area contributed by atoms with Gasteiger partial charge in [-0.25, -0.2) is 8.42 Å². The number of amides is 1. The van der Waals surface area contributed by atoms with Crippen LogP contribution in [0, 0.1) is 0 Å². The minimum atomic E-state index is -3.84. The number of ether oxygens (including phenoxy) is 1. The van der Waals surface area contributed by atoms with E-state index in [9.17, 15) is 13.2 Å². The molecule has 0 aliphatic carbocycles. The quantitative estimate of drug-likeness (QED) is 0.317. The van der Waals surface area contributed by atoms with Crippen LogP contribution in [0.3, 0.4) is 0 Å². The van der Waals surface area contributed by atoms with Gasteiger partial charge in [-0.15, -0.1) is 16.8 Å². The predicted molar refractivity (Wildman–Crippen MR) is 119 cm³/mol. The number of thioether (sulfide) groups is 1. The summed E-state index contributed by atoms with van der Waals surface area (Å²) in [5, 5.41) is 11.2. The maximum Gasteiger partial charge on any atom is 0.250 e. The van der Waals surface area contributed by atoms with E-state index >= 15 is 0 Å². The number of sulfonamides is 1. The third-order valence-corrected chi connectivity index (χ3v) is 7.04. The highest BCUT2D eigenvalue weighted by Gasteiger charge is 2.34. The van der Waals surface area contributed by atoms with Gasteiger partial charge in [0.2, 0.25) is 21.1 Å². The van der Waals surface area contributed by atoms with E-state index in [1.54, 1.807) is 25.1 Å². The molecule has 158 valence electrons. The average molecular weight is 477 g/mol. The first-order valence-electron chi connectivity index (χ1n) is 8.42. The minimum Gasteiger partial charge on any atom is -0.495 e. The van der Waals surface area contributed by atoms with Crippen LogP contribution in [0.25, 0.3) is 0 Å². The second kappa shape index (κ2) is 10.3. The predicted octanol–water partition coefficient (Wildman–Crippen LogP) is 3.66. The molecular weight excluding hydrogens is 456 g/mol. The molecule has 1 aromatic carbocycles. The van der Waals surface area contributed by atoms with Crippen molar-refractivity contribution in [2.75, 3.05) is 28.7 Å². The highest BCUT2D eigenvalue weighted by atomic mass is 35.5. The van der Waals surface area contributed by atoms with Gasteiger partial charge in [-0.05, 0) is 24.6 Å². The van der Waals surface area contributed by atoms with Crippen LogP contribution in [0.4, 0.5) is 10.8 Å². The van der Waals surface area contributed by atoms with Crippen molar-refractivity contribution in [1.82, 2.24) is 10.2 Å². The molecule has 8 nitrogen and oxygen atoms in total. The number of halogens is 1. The van der Waals surface area contributed by atoms with Gasteiger partial charge in [-0.2, -0.15) is 0 Å².